The molecule has 106 valence electrons. The van der Waals surface area contributed by atoms with E-state index in [1.165, 1.54) is 14.2 Å². The van der Waals surface area contributed by atoms with Gasteiger partial charge in [-0.25, -0.2) is 17.6 Å². The Morgan fingerprint density at radius 1 is 0.650 bits per heavy atom. The fourth-order valence-electron chi connectivity index (χ4n) is 1.91. The van der Waals surface area contributed by atoms with Gasteiger partial charge in [0.05, 0.1) is 25.3 Å². The van der Waals surface area contributed by atoms with Crippen molar-refractivity contribution in [3.8, 4) is 22.6 Å². The van der Waals surface area contributed by atoms with Crippen LogP contribution in [0.25, 0.3) is 11.1 Å². The smallest absolute Gasteiger partial charge is 0.137 e. The van der Waals surface area contributed by atoms with Crippen LogP contribution in [0.2, 0.25) is 0 Å². The molecule has 0 unspecified atom stereocenters. The average Bonchev–Trinajstić information content (AvgIpc) is 2.38. The highest BCUT2D eigenvalue weighted by atomic mass is 19.1. The fraction of sp³-hybridized carbons (Fsp3) is 0.143. The van der Waals surface area contributed by atoms with Crippen molar-refractivity contribution in [1.82, 2.24) is 0 Å². The van der Waals surface area contributed by atoms with Crippen LogP contribution in [0.3, 0.4) is 0 Å². The van der Waals surface area contributed by atoms with Gasteiger partial charge in [-0.05, 0) is 0 Å². The normalized spacial score (nSPS) is 10.5. The Bertz CT molecular complexity index is 599. The molecule has 0 aromatic heterocycles. The van der Waals surface area contributed by atoms with E-state index in [4.69, 9.17) is 9.47 Å². The molecular formula is C14H10F4O2. The molecule has 0 N–H and O–H groups in total. The number of benzene rings is 2. The predicted octanol–water partition coefficient (Wildman–Crippen LogP) is 3.93. The topological polar surface area (TPSA) is 18.5 Å². The Labute approximate surface area is 112 Å². The maximum Gasteiger partial charge on any atom is 0.137 e. The molecule has 2 rings (SSSR count). The van der Waals surface area contributed by atoms with E-state index < -0.39 is 23.3 Å². The van der Waals surface area contributed by atoms with Crippen molar-refractivity contribution in [2.24, 2.45) is 0 Å². The molecule has 0 atom stereocenters. The lowest BCUT2D eigenvalue weighted by molar-refractivity contribution is 0.400. The molecule has 0 spiro atoms. The van der Waals surface area contributed by atoms with Gasteiger partial charge in [0.2, 0.25) is 0 Å². The van der Waals surface area contributed by atoms with Crippen LogP contribution >= 0.6 is 0 Å². The first kappa shape index (κ1) is 14.2. The molecular weight excluding hydrogens is 276 g/mol. The van der Waals surface area contributed by atoms with E-state index in [1.807, 2.05) is 0 Å². The minimum absolute atomic E-state index is 0.216. The third-order valence-electron chi connectivity index (χ3n) is 2.73. The third-order valence-corrected chi connectivity index (χ3v) is 2.73. The monoisotopic (exact) mass is 286 g/mol. The predicted molar refractivity (Wildman–Crippen MR) is 64.8 cm³/mol. The van der Waals surface area contributed by atoms with Crippen molar-refractivity contribution in [2.45, 2.75) is 0 Å². The summed E-state index contributed by atoms with van der Waals surface area (Å²) in [7, 11) is 2.37. The molecule has 0 bridgehead atoms. The molecule has 0 aliphatic rings. The van der Waals surface area contributed by atoms with Gasteiger partial charge in [0.15, 0.2) is 0 Å². The molecule has 0 amide bonds. The maximum absolute atomic E-state index is 13.9. The van der Waals surface area contributed by atoms with Crippen molar-refractivity contribution < 1.29 is 27.0 Å². The summed E-state index contributed by atoms with van der Waals surface area (Å²) in [5.41, 5.74) is -0.661. The van der Waals surface area contributed by atoms with Crippen molar-refractivity contribution >= 4 is 0 Å². The van der Waals surface area contributed by atoms with E-state index in [-0.39, 0.29) is 22.6 Å². The standard InChI is InChI=1S/C14H10F4O2/c1-19-11-5-7(15)3-9(17)13(11)14-10(18)4-8(16)6-12(14)20-2/h3-6H,1-2H3. The highest BCUT2D eigenvalue weighted by Gasteiger charge is 2.22. The van der Waals surface area contributed by atoms with Gasteiger partial charge in [0, 0.05) is 24.3 Å². The van der Waals surface area contributed by atoms with Crippen molar-refractivity contribution in [3.05, 3.63) is 47.5 Å². The molecule has 2 aromatic carbocycles. The minimum atomic E-state index is -1.04. The molecule has 0 radical (unpaired) electrons. The van der Waals surface area contributed by atoms with Crippen LogP contribution < -0.4 is 9.47 Å². The van der Waals surface area contributed by atoms with Gasteiger partial charge in [-0.15, -0.1) is 0 Å². The maximum atomic E-state index is 13.9. The van der Waals surface area contributed by atoms with Crippen LogP contribution in [0, 0.1) is 23.3 Å². The number of rotatable bonds is 3. The number of ether oxygens (including phenoxy) is 2. The molecule has 6 heteroatoms. The Hall–Kier alpha value is -2.24. The first-order valence-corrected chi connectivity index (χ1v) is 5.54. The summed E-state index contributed by atoms with van der Waals surface area (Å²) in [5, 5.41) is 0. The molecule has 0 aliphatic heterocycles. The van der Waals surface area contributed by atoms with Gasteiger partial charge in [0.1, 0.15) is 34.8 Å². The number of hydrogen-bond donors (Lipinski definition) is 0. The second-order valence-electron chi connectivity index (χ2n) is 3.93. The minimum Gasteiger partial charge on any atom is -0.496 e. The second-order valence-corrected chi connectivity index (χ2v) is 3.93. The lowest BCUT2D eigenvalue weighted by Gasteiger charge is -2.14. The third kappa shape index (κ3) is 2.41. The highest BCUT2D eigenvalue weighted by molar-refractivity contribution is 5.77. The molecule has 0 saturated heterocycles. The van der Waals surface area contributed by atoms with E-state index in [9.17, 15) is 17.6 Å². The molecule has 20 heavy (non-hydrogen) atoms. The summed E-state index contributed by atoms with van der Waals surface area (Å²) < 4.78 is 63.9. The van der Waals surface area contributed by atoms with Crippen LogP contribution in [-0.2, 0) is 0 Å². The molecule has 0 heterocycles. The van der Waals surface area contributed by atoms with Crippen molar-refractivity contribution in [3.63, 3.8) is 0 Å². The van der Waals surface area contributed by atoms with Gasteiger partial charge < -0.3 is 9.47 Å². The molecule has 0 aliphatic carbocycles. The summed E-state index contributed by atoms with van der Waals surface area (Å²) in [5.74, 6) is -4.25. The molecule has 2 nitrogen and oxygen atoms in total. The van der Waals surface area contributed by atoms with E-state index in [2.05, 4.69) is 0 Å². The van der Waals surface area contributed by atoms with E-state index in [1.54, 1.807) is 0 Å². The lowest BCUT2D eigenvalue weighted by Crippen LogP contribution is -1.99. The fourth-order valence-corrected chi connectivity index (χ4v) is 1.91. The Balaban J connectivity index is 2.81. The van der Waals surface area contributed by atoms with E-state index in [0.717, 1.165) is 12.1 Å². The quantitative estimate of drug-likeness (QED) is 0.796. The number of halogens is 4. The van der Waals surface area contributed by atoms with Crippen LogP contribution in [-0.4, -0.2) is 14.2 Å². The first-order valence-electron chi connectivity index (χ1n) is 5.54. The van der Waals surface area contributed by atoms with Crippen LogP contribution in [0.15, 0.2) is 24.3 Å². The Morgan fingerprint density at radius 2 is 1.00 bits per heavy atom. The Kier molecular flexibility index (Phi) is 3.83. The van der Waals surface area contributed by atoms with E-state index in [0.29, 0.717) is 12.1 Å². The molecule has 2 aromatic rings. The summed E-state index contributed by atoms with van der Waals surface area (Å²) in [4.78, 5) is 0. The summed E-state index contributed by atoms with van der Waals surface area (Å²) >= 11 is 0. The zero-order valence-electron chi connectivity index (χ0n) is 10.6. The van der Waals surface area contributed by atoms with Crippen molar-refractivity contribution in [1.29, 1.82) is 0 Å². The number of methoxy groups -OCH3 is 2. The zero-order chi connectivity index (χ0) is 14.9. The van der Waals surface area contributed by atoms with Crippen molar-refractivity contribution in [2.75, 3.05) is 14.2 Å². The summed E-state index contributed by atoms with van der Waals surface area (Å²) in [6, 6.07) is 2.97. The van der Waals surface area contributed by atoms with Crippen LogP contribution in [0.1, 0.15) is 0 Å². The summed E-state index contributed by atoms with van der Waals surface area (Å²) in [6.45, 7) is 0. The molecule has 0 fully saturated rings. The van der Waals surface area contributed by atoms with Crippen LogP contribution in [0.5, 0.6) is 11.5 Å². The average molecular weight is 286 g/mol. The van der Waals surface area contributed by atoms with Crippen LogP contribution in [0.4, 0.5) is 17.6 Å². The zero-order valence-corrected chi connectivity index (χ0v) is 10.6. The lowest BCUT2D eigenvalue weighted by atomic mass is 10.0. The highest BCUT2D eigenvalue weighted by Crippen LogP contribution is 2.40. The van der Waals surface area contributed by atoms with E-state index >= 15 is 0 Å². The Morgan fingerprint density at radius 3 is 1.30 bits per heavy atom. The number of hydrogen-bond acceptors (Lipinski definition) is 2. The largest absolute Gasteiger partial charge is 0.496 e. The van der Waals surface area contributed by atoms with Gasteiger partial charge >= 0.3 is 0 Å². The van der Waals surface area contributed by atoms with Gasteiger partial charge in [-0.2, -0.15) is 0 Å². The molecule has 0 saturated carbocycles. The van der Waals surface area contributed by atoms with Gasteiger partial charge in [0.25, 0.3) is 0 Å². The summed E-state index contributed by atoms with van der Waals surface area (Å²) in [6.07, 6.45) is 0. The first-order chi connectivity index (χ1) is 9.47. The SMILES string of the molecule is COc1cc(F)cc(F)c1-c1c(F)cc(F)cc1OC. The van der Waals surface area contributed by atoms with Gasteiger partial charge in [-0.1, -0.05) is 0 Å². The van der Waals surface area contributed by atoms with Gasteiger partial charge in [-0.3, -0.25) is 0 Å². The second kappa shape index (κ2) is 5.40.